The number of carbonyl (C=O) groups is 1. The zero-order chi connectivity index (χ0) is 23.3. The smallest absolute Gasteiger partial charge is 0.253 e. The van der Waals surface area contributed by atoms with Crippen molar-refractivity contribution in [1.29, 1.82) is 0 Å². The average Bonchev–Trinajstić information content (AvgIpc) is 3.25. The normalized spacial score (nSPS) is 13.4. The zero-order valence-corrected chi connectivity index (χ0v) is 19.6. The van der Waals surface area contributed by atoms with E-state index in [1.54, 1.807) is 17.2 Å². The summed E-state index contributed by atoms with van der Waals surface area (Å²) in [4.78, 5) is 23.2. The predicted molar refractivity (Wildman–Crippen MR) is 126 cm³/mol. The van der Waals surface area contributed by atoms with Crippen LogP contribution in [0.2, 0.25) is 10.0 Å². The Balaban J connectivity index is 1.60. The van der Waals surface area contributed by atoms with Crippen LogP contribution >= 0.6 is 23.2 Å². The maximum absolute atomic E-state index is 12.4. The van der Waals surface area contributed by atoms with Gasteiger partial charge >= 0.3 is 0 Å². The molecule has 3 heterocycles. The van der Waals surface area contributed by atoms with E-state index in [9.17, 15) is 4.79 Å². The number of ether oxygens (including phenoxy) is 2. The molecule has 2 aromatic heterocycles. The van der Waals surface area contributed by atoms with Crippen molar-refractivity contribution in [3.05, 3.63) is 51.6 Å². The molecule has 0 saturated carbocycles. The minimum Gasteiger partial charge on any atom is -0.495 e. The number of hydrogen-bond acceptors (Lipinski definition) is 6. The molecule has 1 amide bonds. The fourth-order valence-electron chi connectivity index (χ4n) is 3.98. The lowest BCUT2D eigenvalue weighted by atomic mass is 9.95. The lowest BCUT2D eigenvalue weighted by Crippen LogP contribution is -2.34. The summed E-state index contributed by atoms with van der Waals surface area (Å²) >= 11 is 13.0. The molecule has 0 aliphatic carbocycles. The molecule has 5 rings (SSSR count). The number of nitrogens with one attached hydrogen (secondary N) is 1. The first-order valence-corrected chi connectivity index (χ1v) is 10.9. The molecule has 4 aromatic rings. The summed E-state index contributed by atoms with van der Waals surface area (Å²) in [6.07, 6.45) is 2.47. The minimum absolute atomic E-state index is 0.0325. The number of carbonyl (C=O) groups excluding carboxylic acids is 1. The predicted octanol–water partition coefficient (Wildman–Crippen LogP) is 4.64. The Hall–Kier alpha value is -3.36. The quantitative estimate of drug-likeness (QED) is 0.454. The number of rotatable bonds is 4. The summed E-state index contributed by atoms with van der Waals surface area (Å²) in [5.41, 5.74) is 4.24. The Morgan fingerprint density at radius 3 is 2.52 bits per heavy atom. The van der Waals surface area contributed by atoms with Gasteiger partial charge in [0.15, 0.2) is 11.5 Å². The molecule has 0 unspecified atom stereocenters. The van der Waals surface area contributed by atoms with Crippen molar-refractivity contribution in [2.45, 2.75) is 6.42 Å². The minimum atomic E-state index is 0.0325. The second-order valence-electron chi connectivity index (χ2n) is 7.66. The summed E-state index contributed by atoms with van der Waals surface area (Å²) in [6.45, 7) is 0.689. The Labute approximate surface area is 199 Å². The number of halogens is 2. The lowest BCUT2D eigenvalue weighted by Gasteiger charge is -2.25. The second-order valence-corrected chi connectivity index (χ2v) is 8.42. The van der Waals surface area contributed by atoms with Crippen LogP contribution in [0.15, 0.2) is 30.5 Å². The molecule has 0 fully saturated rings. The number of benzene rings is 2. The molecule has 1 aliphatic heterocycles. The summed E-state index contributed by atoms with van der Waals surface area (Å²) in [5, 5.41) is 8.73. The van der Waals surface area contributed by atoms with Crippen LogP contribution in [0, 0.1) is 0 Å². The molecule has 0 spiro atoms. The third kappa shape index (κ3) is 3.46. The van der Waals surface area contributed by atoms with Crippen molar-refractivity contribution in [1.82, 2.24) is 25.1 Å². The van der Waals surface area contributed by atoms with Gasteiger partial charge in [0, 0.05) is 37.0 Å². The maximum Gasteiger partial charge on any atom is 0.253 e. The number of likely N-dealkylation sites (N-methyl/N-ethyl adjacent to an activating group) is 1. The largest absolute Gasteiger partial charge is 0.495 e. The zero-order valence-electron chi connectivity index (χ0n) is 18.1. The standard InChI is InChI=1S/C23H19Cl2N5O3/c1-30-7-6-11-8-12(4-5-13(11)23(30)31)20-14-10-26-22(27-21(14)29-28-20)17-18(24)15(32-2)9-16(33-3)19(17)25/h4-5,8-10H,6-7H2,1-3H3,(H,26,27,28,29). The fraction of sp³-hybridized carbons (Fsp3) is 0.217. The van der Waals surface area contributed by atoms with Gasteiger partial charge in [-0.3, -0.25) is 9.89 Å². The van der Waals surface area contributed by atoms with E-state index in [1.165, 1.54) is 14.2 Å². The first kappa shape index (κ1) is 21.5. The molecule has 0 saturated heterocycles. The van der Waals surface area contributed by atoms with Gasteiger partial charge in [-0.15, -0.1) is 0 Å². The number of hydrogen-bond donors (Lipinski definition) is 1. The first-order chi connectivity index (χ1) is 15.9. The van der Waals surface area contributed by atoms with Crippen LogP contribution in [0.4, 0.5) is 0 Å². The third-order valence-electron chi connectivity index (χ3n) is 5.79. The van der Waals surface area contributed by atoms with Crippen LogP contribution in [-0.2, 0) is 6.42 Å². The molecule has 0 radical (unpaired) electrons. The monoisotopic (exact) mass is 483 g/mol. The van der Waals surface area contributed by atoms with Crippen molar-refractivity contribution in [2.75, 3.05) is 27.8 Å². The molecule has 0 atom stereocenters. The average molecular weight is 484 g/mol. The van der Waals surface area contributed by atoms with Gasteiger partial charge in [-0.2, -0.15) is 5.10 Å². The maximum atomic E-state index is 12.4. The number of methoxy groups -OCH3 is 2. The van der Waals surface area contributed by atoms with Crippen LogP contribution in [0.25, 0.3) is 33.7 Å². The van der Waals surface area contributed by atoms with E-state index in [1.807, 2.05) is 25.2 Å². The van der Waals surface area contributed by atoms with E-state index < -0.39 is 0 Å². The fourth-order valence-corrected chi connectivity index (χ4v) is 4.65. The van der Waals surface area contributed by atoms with Crippen LogP contribution < -0.4 is 9.47 Å². The van der Waals surface area contributed by atoms with E-state index in [-0.39, 0.29) is 16.0 Å². The van der Waals surface area contributed by atoms with Gasteiger partial charge in [0.25, 0.3) is 5.91 Å². The number of aromatic nitrogens is 4. The Morgan fingerprint density at radius 1 is 1.09 bits per heavy atom. The lowest BCUT2D eigenvalue weighted by molar-refractivity contribution is 0.0781. The second kappa shape index (κ2) is 8.20. The van der Waals surface area contributed by atoms with E-state index in [4.69, 9.17) is 32.7 Å². The van der Waals surface area contributed by atoms with E-state index in [0.717, 1.165) is 28.5 Å². The molecular formula is C23H19Cl2N5O3. The number of H-pyrrole nitrogens is 1. The van der Waals surface area contributed by atoms with Gasteiger partial charge < -0.3 is 14.4 Å². The number of aromatic amines is 1. The van der Waals surface area contributed by atoms with Crippen molar-refractivity contribution in [3.8, 4) is 34.1 Å². The molecule has 168 valence electrons. The van der Waals surface area contributed by atoms with E-state index in [2.05, 4.69) is 20.2 Å². The van der Waals surface area contributed by atoms with Crippen LogP contribution in [0.1, 0.15) is 15.9 Å². The molecule has 2 aromatic carbocycles. The first-order valence-electron chi connectivity index (χ1n) is 10.1. The molecule has 1 aliphatic rings. The van der Waals surface area contributed by atoms with Crippen LogP contribution in [-0.4, -0.2) is 58.8 Å². The number of amides is 1. The molecule has 10 heteroatoms. The van der Waals surface area contributed by atoms with Crippen molar-refractivity contribution in [3.63, 3.8) is 0 Å². The molecule has 1 N–H and O–H groups in total. The summed E-state index contributed by atoms with van der Waals surface area (Å²) in [5.74, 6) is 1.14. The van der Waals surface area contributed by atoms with Crippen molar-refractivity contribution >= 4 is 40.1 Å². The summed E-state index contributed by atoms with van der Waals surface area (Å²) in [7, 11) is 4.83. The number of fused-ring (bicyclic) bond motifs is 2. The molecule has 33 heavy (non-hydrogen) atoms. The molecule has 0 bridgehead atoms. The number of nitrogens with zero attached hydrogens (tertiary/aromatic N) is 4. The van der Waals surface area contributed by atoms with Gasteiger partial charge in [0.05, 0.1) is 35.2 Å². The topological polar surface area (TPSA) is 93.2 Å². The van der Waals surface area contributed by atoms with Gasteiger partial charge in [-0.05, 0) is 24.1 Å². The Morgan fingerprint density at radius 2 is 1.82 bits per heavy atom. The van der Waals surface area contributed by atoms with Crippen LogP contribution in [0.3, 0.4) is 0 Å². The van der Waals surface area contributed by atoms with Gasteiger partial charge in [0.2, 0.25) is 0 Å². The highest BCUT2D eigenvalue weighted by atomic mass is 35.5. The molecular weight excluding hydrogens is 465 g/mol. The highest BCUT2D eigenvalue weighted by Crippen LogP contribution is 2.45. The summed E-state index contributed by atoms with van der Waals surface area (Å²) in [6, 6.07) is 7.35. The van der Waals surface area contributed by atoms with Gasteiger partial charge in [0.1, 0.15) is 17.2 Å². The van der Waals surface area contributed by atoms with Crippen molar-refractivity contribution in [2.24, 2.45) is 0 Å². The van der Waals surface area contributed by atoms with E-state index in [0.29, 0.717) is 40.8 Å². The highest BCUT2D eigenvalue weighted by molar-refractivity contribution is 6.40. The van der Waals surface area contributed by atoms with Gasteiger partial charge in [-0.1, -0.05) is 29.3 Å². The van der Waals surface area contributed by atoms with Crippen LogP contribution in [0.5, 0.6) is 11.5 Å². The molecule has 8 nitrogen and oxygen atoms in total. The summed E-state index contributed by atoms with van der Waals surface area (Å²) < 4.78 is 10.7. The van der Waals surface area contributed by atoms with E-state index >= 15 is 0 Å². The SMILES string of the molecule is COc1cc(OC)c(Cl)c(-c2ncc3c(-c4ccc5c(c4)CCN(C)C5=O)n[nH]c3n2)c1Cl. The highest BCUT2D eigenvalue weighted by Gasteiger charge is 2.24. The Kier molecular flexibility index (Phi) is 5.34. The van der Waals surface area contributed by atoms with Gasteiger partial charge in [-0.25, -0.2) is 9.97 Å². The third-order valence-corrected chi connectivity index (χ3v) is 6.54. The van der Waals surface area contributed by atoms with Crippen molar-refractivity contribution < 1.29 is 14.3 Å². The Bertz CT molecular complexity index is 1390.